The van der Waals surface area contributed by atoms with Crippen LogP contribution in [0.2, 0.25) is 10.0 Å². The van der Waals surface area contributed by atoms with Gasteiger partial charge in [-0.15, -0.1) is 5.10 Å². The fourth-order valence-corrected chi connectivity index (χ4v) is 3.77. The van der Waals surface area contributed by atoms with Crippen molar-refractivity contribution in [1.82, 2.24) is 10.2 Å². The van der Waals surface area contributed by atoms with E-state index in [1.807, 2.05) is 0 Å². The molecule has 5 nitrogen and oxygen atoms in total. The molecule has 0 fully saturated rings. The molecule has 4 rings (SSSR count). The van der Waals surface area contributed by atoms with Crippen LogP contribution < -0.4 is 10.5 Å². The smallest absolute Gasteiger partial charge is 0.244 e. The Labute approximate surface area is 163 Å². The van der Waals surface area contributed by atoms with Crippen LogP contribution in [0.5, 0.6) is 5.88 Å². The van der Waals surface area contributed by atoms with Gasteiger partial charge in [0, 0.05) is 21.2 Å². The quantitative estimate of drug-likeness (QED) is 0.649. The largest absolute Gasteiger partial charge is 0.420 e. The Morgan fingerprint density at radius 2 is 1.78 bits per heavy atom. The molecule has 27 heavy (non-hydrogen) atoms. The van der Waals surface area contributed by atoms with Crippen molar-refractivity contribution in [3.8, 4) is 23.2 Å². The van der Waals surface area contributed by atoms with Gasteiger partial charge in [-0.3, -0.25) is 5.10 Å². The van der Waals surface area contributed by atoms with Gasteiger partial charge in [-0.2, -0.15) is 5.26 Å². The molecule has 2 heterocycles. The molecule has 134 valence electrons. The molecule has 0 saturated heterocycles. The van der Waals surface area contributed by atoms with E-state index in [2.05, 4.69) is 16.3 Å². The molecule has 8 heteroatoms. The SMILES string of the molecule is N#CC1=C(N)Oc2n[nH]c(-c3ccc(F)cc3)c2C1c1c(Cl)cccc1Cl. The summed E-state index contributed by atoms with van der Waals surface area (Å²) in [7, 11) is 0. The van der Waals surface area contributed by atoms with Gasteiger partial charge in [0.1, 0.15) is 17.5 Å². The Bertz CT molecular complexity index is 1100. The summed E-state index contributed by atoms with van der Waals surface area (Å²) in [5.74, 6) is -0.898. The van der Waals surface area contributed by atoms with Gasteiger partial charge in [-0.1, -0.05) is 29.3 Å². The van der Waals surface area contributed by atoms with E-state index in [0.717, 1.165) is 0 Å². The van der Waals surface area contributed by atoms with Crippen LogP contribution in [-0.2, 0) is 0 Å². The van der Waals surface area contributed by atoms with Gasteiger partial charge in [0.15, 0.2) is 0 Å². The van der Waals surface area contributed by atoms with Crippen molar-refractivity contribution in [2.45, 2.75) is 5.92 Å². The maximum absolute atomic E-state index is 13.3. The predicted molar refractivity (Wildman–Crippen MR) is 99.7 cm³/mol. The normalized spacial score (nSPS) is 15.9. The molecule has 0 radical (unpaired) electrons. The molecular formula is C19H11Cl2FN4O. The highest BCUT2D eigenvalue weighted by Gasteiger charge is 2.37. The second-order valence-corrected chi connectivity index (χ2v) is 6.70. The minimum absolute atomic E-state index is 0.0665. The number of hydrogen-bond acceptors (Lipinski definition) is 4. The summed E-state index contributed by atoms with van der Waals surface area (Å²) in [5.41, 5.74) is 8.42. The van der Waals surface area contributed by atoms with Crippen LogP contribution in [0.3, 0.4) is 0 Å². The van der Waals surface area contributed by atoms with Gasteiger partial charge in [-0.25, -0.2) is 4.39 Å². The first-order valence-electron chi connectivity index (χ1n) is 7.87. The van der Waals surface area contributed by atoms with E-state index in [0.29, 0.717) is 32.4 Å². The highest BCUT2D eigenvalue weighted by molar-refractivity contribution is 6.36. The summed E-state index contributed by atoms with van der Waals surface area (Å²) >= 11 is 12.8. The zero-order valence-electron chi connectivity index (χ0n) is 13.6. The molecule has 1 aliphatic heterocycles. The summed E-state index contributed by atoms with van der Waals surface area (Å²) in [6, 6.07) is 13.0. The number of ether oxygens (including phenoxy) is 1. The average molecular weight is 401 g/mol. The van der Waals surface area contributed by atoms with Gasteiger partial charge >= 0.3 is 0 Å². The summed E-state index contributed by atoms with van der Waals surface area (Å²) in [5, 5.41) is 17.5. The molecule has 3 aromatic rings. The van der Waals surface area contributed by atoms with Crippen molar-refractivity contribution in [3.63, 3.8) is 0 Å². The molecule has 0 amide bonds. The van der Waals surface area contributed by atoms with E-state index >= 15 is 0 Å². The van der Waals surface area contributed by atoms with Crippen LogP contribution in [0, 0.1) is 17.1 Å². The van der Waals surface area contributed by atoms with Crippen molar-refractivity contribution >= 4 is 23.2 Å². The topological polar surface area (TPSA) is 87.7 Å². The molecule has 3 N–H and O–H groups in total. The fraction of sp³-hybridized carbons (Fsp3) is 0.0526. The average Bonchev–Trinajstić information content (AvgIpc) is 3.05. The number of benzene rings is 2. The first-order chi connectivity index (χ1) is 13.0. The predicted octanol–water partition coefficient (Wildman–Crippen LogP) is 4.74. The lowest BCUT2D eigenvalue weighted by atomic mass is 9.83. The van der Waals surface area contributed by atoms with Gasteiger partial charge < -0.3 is 10.5 Å². The number of aromatic amines is 1. The number of nitrogens with one attached hydrogen (secondary N) is 1. The van der Waals surface area contributed by atoms with E-state index in [1.54, 1.807) is 30.3 Å². The van der Waals surface area contributed by atoms with Gasteiger partial charge in [0.05, 0.1) is 17.2 Å². The van der Waals surface area contributed by atoms with Crippen LogP contribution in [0.25, 0.3) is 11.3 Å². The van der Waals surface area contributed by atoms with Gasteiger partial charge in [-0.05, 0) is 36.4 Å². The number of nitrogens with two attached hydrogens (primary N) is 1. The monoisotopic (exact) mass is 400 g/mol. The third kappa shape index (κ3) is 2.81. The zero-order valence-corrected chi connectivity index (χ0v) is 15.1. The highest BCUT2D eigenvalue weighted by Crippen LogP contribution is 2.49. The first-order valence-corrected chi connectivity index (χ1v) is 8.62. The van der Waals surface area contributed by atoms with E-state index < -0.39 is 5.92 Å². The minimum Gasteiger partial charge on any atom is -0.420 e. The Hall–Kier alpha value is -3.01. The lowest BCUT2D eigenvalue weighted by Gasteiger charge is -2.25. The van der Waals surface area contributed by atoms with Crippen LogP contribution in [0.1, 0.15) is 17.0 Å². The van der Waals surface area contributed by atoms with Gasteiger partial charge in [0.2, 0.25) is 11.8 Å². The molecule has 0 spiro atoms. The summed E-state index contributed by atoms with van der Waals surface area (Å²) in [6.07, 6.45) is 0. The number of nitrogens with zero attached hydrogens (tertiary/aromatic N) is 2. The molecule has 2 aromatic carbocycles. The summed E-state index contributed by atoms with van der Waals surface area (Å²) in [6.45, 7) is 0. The zero-order chi connectivity index (χ0) is 19.1. The first kappa shape index (κ1) is 17.4. The summed E-state index contributed by atoms with van der Waals surface area (Å²) < 4.78 is 18.9. The van der Waals surface area contributed by atoms with E-state index in [4.69, 9.17) is 33.7 Å². The third-order valence-electron chi connectivity index (χ3n) is 4.36. The van der Waals surface area contributed by atoms with Crippen LogP contribution in [0.15, 0.2) is 53.9 Å². The third-order valence-corrected chi connectivity index (χ3v) is 5.02. The lowest BCUT2D eigenvalue weighted by Crippen LogP contribution is -2.21. The van der Waals surface area contributed by atoms with Crippen molar-refractivity contribution in [2.75, 3.05) is 0 Å². The second-order valence-electron chi connectivity index (χ2n) is 5.88. The maximum Gasteiger partial charge on any atom is 0.244 e. The van der Waals surface area contributed by atoms with Crippen LogP contribution in [0.4, 0.5) is 4.39 Å². The Kier molecular flexibility index (Phi) is 4.27. The number of rotatable bonds is 2. The molecular weight excluding hydrogens is 390 g/mol. The van der Waals surface area contributed by atoms with E-state index in [9.17, 15) is 9.65 Å². The Balaban J connectivity index is 2.00. The van der Waals surface area contributed by atoms with Crippen molar-refractivity contribution < 1.29 is 9.13 Å². The molecule has 1 atom stereocenters. The van der Waals surface area contributed by atoms with E-state index in [1.165, 1.54) is 12.1 Å². The number of H-pyrrole nitrogens is 1. The van der Waals surface area contributed by atoms with Crippen molar-refractivity contribution in [1.29, 1.82) is 5.26 Å². The molecule has 1 aromatic heterocycles. The van der Waals surface area contributed by atoms with Crippen LogP contribution >= 0.6 is 23.2 Å². The second kappa shape index (κ2) is 6.62. The van der Waals surface area contributed by atoms with Crippen LogP contribution in [-0.4, -0.2) is 10.2 Å². The maximum atomic E-state index is 13.3. The molecule has 0 saturated carbocycles. The fourth-order valence-electron chi connectivity index (χ4n) is 3.16. The Morgan fingerprint density at radius 3 is 2.41 bits per heavy atom. The molecule has 1 unspecified atom stereocenters. The number of fused-ring (bicyclic) bond motifs is 1. The van der Waals surface area contributed by atoms with Crippen molar-refractivity contribution in [3.05, 3.63) is 80.9 Å². The Morgan fingerprint density at radius 1 is 1.11 bits per heavy atom. The molecule has 0 aliphatic carbocycles. The van der Waals surface area contributed by atoms with Crippen molar-refractivity contribution in [2.24, 2.45) is 5.73 Å². The highest BCUT2D eigenvalue weighted by atomic mass is 35.5. The lowest BCUT2D eigenvalue weighted by molar-refractivity contribution is 0.379. The standard InChI is InChI=1S/C19H11Cl2FN4O/c20-12-2-1-3-13(21)15(12)14-11(8-23)18(24)27-19-16(14)17(25-26-19)9-4-6-10(22)7-5-9/h1-7,14H,24H2,(H,25,26). The van der Waals surface area contributed by atoms with Gasteiger partial charge in [0.25, 0.3) is 0 Å². The molecule has 1 aliphatic rings. The summed E-state index contributed by atoms with van der Waals surface area (Å²) in [4.78, 5) is 0. The number of nitriles is 1. The number of hydrogen-bond donors (Lipinski definition) is 2. The number of allylic oxidation sites excluding steroid dienone is 1. The van der Waals surface area contributed by atoms with E-state index in [-0.39, 0.29) is 23.2 Å². The molecule has 0 bridgehead atoms. The number of aromatic nitrogens is 2. The number of halogens is 3. The minimum atomic E-state index is -0.682.